The van der Waals surface area contributed by atoms with Crippen LogP contribution in [0.3, 0.4) is 0 Å². The van der Waals surface area contributed by atoms with Crippen LogP contribution in [-0.4, -0.2) is 14.2 Å². The molecule has 3 nitrogen and oxygen atoms in total. The lowest BCUT2D eigenvalue weighted by Crippen LogP contribution is -2.11. The molecule has 0 aromatic heterocycles. The molecule has 0 aliphatic rings. The van der Waals surface area contributed by atoms with Crippen LogP contribution in [0.5, 0.6) is 0 Å². The Kier molecular flexibility index (Phi) is 11.6. The molecule has 0 aliphatic carbocycles. The van der Waals surface area contributed by atoms with Gasteiger partial charge < -0.3 is 0 Å². The largest absolute Gasteiger partial charge is 0.297 e. The molecule has 0 fully saturated rings. The van der Waals surface area contributed by atoms with Crippen molar-refractivity contribution in [1.29, 1.82) is 0 Å². The highest BCUT2D eigenvalue weighted by molar-refractivity contribution is 7.86. The van der Waals surface area contributed by atoms with Gasteiger partial charge in [0.05, 0.1) is 5.75 Å². The minimum Gasteiger partial charge on any atom is -0.197 e. The van der Waals surface area contributed by atoms with Crippen LogP contribution in [0.4, 0.5) is 4.53 Å². The van der Waals surface area contributed by atoms with Crippen LogP contribution in [0, 0.1) is 0 Å². The molecule has 0 aliphatic heterocycles. The molecule has 0 saturated carbocycles. The first-order chi connectivity index (χ1) is 11.1. The number of hydrogen-bond donors (Lipinski definition) is 1. The number of rotatable bonds is 8. The molecule has 24 heavy (non-hydrogen) atoms. The van der Waals surface area contributed by atoms with Gasteiger partial charge in [0.15, 0.2) is 0 Å². The molecule has 0 spiro atoms. The van der Waals surface area contributed by atoms with E-state index in [0.29, 0.717) is 6.42 Å². The van der Waals surface area contributed by atoms with Gasteiger partial charge in [0, 0.05) is 4.90 Å². The average molecular weight is 379 g/mol. The molecule has 0 unspecified atom stereocenters. The molecule has 0 saturated heterocycles. The van der Waals surface area contributed by atoms with Gasteiger partial charge in [-0.1, -0.05) is 82.4 Å². The van der Waals surface area contributed by atoms with E-state index in [2.05, 4.69) is 56.8 Å². The predicted molar refractivity (Wildman–Crippen MR) is 102 cm³/mol. The fourth-order valence-corrected chi connectivity index (χ4v) is 3.32. The van der Waals surface area contributed by atoms with Gasteiger partial charge in [0.2, 0.25) is 0 Å². The van der Waals surface area contributed by atoms with E-state index in [0.717, 1.165) is 30.6 Å². The van der Waals surface area contributed by atoms with Gasteiger partial charge in [-0.15, -0.1) is 12.6 Å². The van der Waals surface area contributed by atoms with Crippen molar-refractivity contribution < 1.29 is 17.3 Å². The highest BCUT2D eigenvalue weighted by atomic mass is 32.2. The first kappa shape index (κ1) is 23.4. The summed E-state index contributed by atoms with van der Waals surface area (Å²) in [5.74, 6) is -0.213. The third-order valence-corrected chi connectivity index (χ3v) is 4.93. The molecule has 1 aromatic rings. The lowest BCUT2D eigenvalue weighted by molar-refractivity contribution is 0.00288. The van der Waals surface area contributed by atoms with E-state index in [4.69, 9.17) is 0 Å². The summed E-state index contributed by atoms with van der Waals surface area (Å²) < 4.78 is 35.1. The van der Waals surface area contributed by atoms with Crippen LogP contribution >= 0.6 is 12.6 Å². The predicted octanol–water partition coefficient (Wildman–Crippen LogP) is 5.85. The quantitative estimate of drug-likeness (QED) is 0.456. The lowest BCUT2D eigenvalue weighted by atomic mass is 9.87. The standard InChI is InChI=1S/C10H14S.C8H17FO3S/c1-10(2,3)8-6-4-5-7-9(8)11;1-2-3-4-5-6-7-8-13(10,11)12-9/h4-7,11H,1-3H3;2-8H2,1H3. The molecule has 1 rings (SSSR count). The monoisotopic (exact) mass is 378 g/mol. The lowest BCUT2D eigenvalue weighted by Gasteiger charge is -2.20. The van der Waals surface area contributed by atoms with Crippen LogP contribution in [0.15, 0.2) is 29.2 Å². The molecule has 0 radical (unpaired) electrons. The number of unbranched alkanes of at least 4 members (excludes halogenated alkanes) is 5. The molecule has 140 valence electrons. The highest BCUT2D eigenvalue weighted by Gasteiger charge is 2.15. The van der Waals surface area contributed by atoms with Crippen LogP contribution in [-0.2, 0) is 19.9 Å². The Bertz CT molecular complexity index is 552. The zero-order valence-electron chi connectivity index (χ0n) is 15.2. The Hall–Kier alpha value is -0.590. The smallest absolute Gasteiger partial charge is 0.197 e. The maximum atomic E-state index is 11.3. The Morgan fingerprint density at radius 3 is 2.04 bits per heavy atom. The van der Waals surface area contributed by atoms with E-state index in [1.807, 2.05) is 12.1 Å². The van der Waals surface area contributed by atoms with Crippen molar-refractivity contribution in [2.45, 2.75) is 76.5 Å². The SMILES string of the molecule is CC(C)(C)c1ccccc1S.CCCCCCCCS(=O)(=O)OF. The van der Waals surface area contributed by atoms with Gasteiger partial charge in [-0.2, -0.15) is 8.42 Å². The topological polar surface area (TPSA) is 43.4 Å². The van der Waals surface area contributed by atoms with Crippen LogP contribution in [0.1, 0.15) is 71.8 Å². The van der Waals surface area contributed by atoms with Crippen molar-refractivity contribution >= 4 is 22.7 Å². The van der Waals surface area contributed by atoms with E-state index in [1.165, 1.54) is 12.0 Å². The normalized spacial score (nSPS) is 11.8. The highest BCUT2D eigenvalue weighted by Crippen LogP contribution is 2.27. The van der Waals surface area contributed by atoms with Gasteiger partial charge in [-0.05, 0) is 28.0 Å². The van der Waals surface area contributed by atoms with Crippen molar-refractivity contribution in [3.05, 3.63) is 29.8 Å². The van der Waals surface area contributed by atoms with Crippen molar-refractivity contribution in [1.82, 2.24) is 0 Å². The summed E-state index contributed by atoms with van der Waals surface area (Å²) in [6.07, 6.45) is 5.76. The van der Waals surface area contributed by atoms with Gasteiger partial charge in [-0.3, -0.25) is 0 Å². The maximum absolute atomic E-state index is 11.3. The summed E-state index contributed by atoms with van der Waals surface area (Å²) in [4.78, 5) is 1.08. The van der Waals surface area contributed by atoms with Gasteiger partial charge in [0.1, 0.15) is 0 Å². The zero-order valence-corrected chi connectivity index (χ0v) is 16.9. The molecule has 1 aromatic carbocycles. The second-order valence-electron chi connectivity index (χ2n) is 6.86. The number of benzene rings is 1. The second kappa shape index (κ2) is 11.9. The van der Waals surface area contributed by atoms with Crippen molar-refractivity contribution in [2.24, 2.45) is 0 Å². The molecule has 6 heteroatoms. The van der Waals surface area contributed by atoms with Gasteiger partial charge in [-0.25, -0.2) is 0 Å². The van der Waals surface area contributed by atoms with E-state index in [1.54, 1.807) is 0 Å². The Balaban J connectivity index is 0.000000446. The molecule has 0 heterocycles. The molecule has 0 atom stereocenters. The minimum absolute atomic E-state index is 0.207. The summed E-state index contributed by atoms with van der Waals surface area (Å²) >= 11 is 4.39. The van der Waals surface area contributed by atoms with E-state index in [-0.39, 0.29) is 11.2 Å². The Labute approximate surface area is 152 Å². The van der Waals surface area contributed by atoms with Crippen LogP contribution < -0.4 is 0 Å². The fourth-order valence-electron chi connectivity index (χ4n) is 2.20. The van der Waals surface area contributed by atoms with E-state index in [9.17, 15) is 12.9 Å². The fraction of sp³-hybridized carbons (Fsp3) is 0.667. The zero-order chi connectivity index (χ0) is 18.6. The first-order valence-electron chi connectivity index (χ1n) is 8.45. The number of thiol groups is 1. The number of halogens is 1. The van der Waals surface area contributed by atoms with Gasteiger partial charge >= 0.3 is 0 Å². The first-order valence-corrected chi connectivity index (χ1v) is 10.5. The molecule has 0 N–H and O–H groups in total. The van der Waals surface area contributed by atoms with Gasteiger partial charge in [0.25, 0.3) is 10.1 Å². The van der Waals surface area contributed by atoms with Crippen LogP contribution in [0.2, 0.25) is 0 Å². The Morgan fingerprint density at radius 2 is 1.58 bits per heavy atom. The Morgan fingerprint density at radius 1 is 1.04 bits per heavy atom. The van der Waals surface area contributed by atoms with Crippen molar-refractivity contribution in [2.75, 3.05) is 5.75 Å². The average Bonchev–Trinajstić information content (AvgIpc) is 2.51. The molecule has 0 bridgehead atoms. The van der Waals surface area contributed by atoms with Crippen molar-refractivity contribution in [3.63, 3.8) is 0 Å². The summed E-state index contributed by atoms with van der Waals surface area (Å²) in [7, 11) is -3.88. The van der Waals surface area contributed by atoms with Crippen LogP contribution in [0.25, 0.3) is 0 Å². The second-order valence-corrected chi connectivity index (χ2v) is 8.99. The van der Waals surface area contributed by atoms with E-state index >= 15 is 0 Å². The minimum atomic E-state index is -3.88. The molecule has 0 amide bonds. The third kappa shape index (κ3) is 11.0. The number of hydrogen-bond acceptors (Lipinski definition) is 4. The molecular weight excluding hydrogens is 347 g/mol. The molecular formula is C18H31FO3S2. The van der Waals surface area contributed by atoms with Crippen molar-refractivity contribution in [3.8, 4) is 0 Å². The summed E-state index contributed by atoms with van der Waals surface area (Å²) in [6, 6.07) is 8.23. The third-order valence-electron chi connectivity index (χ3n) is 3.56. The summed E-state index contributed by atoms with van der Waals surface area (Å²) in [6.45, 7) is 8.70. The van der Waals surface area contributed by atoms with E-state index < -0.39 is 10.1 Å². The summed E-state index contributed by atoms with van der Waals surface area (Å²) in [5.41, 5.74) is 1.52. The maximum Gasteiger partial charge on any atom is 0.297 e. The summed E-state index contributed by atoms with van der Waals surface area (Å²) in [5, 5.41) is 0.